The minimum Gasteiger partial charge on any atom is -0.466 e. The topological polar surface area (TPSA) is 119 Å². The highest BCUT2D eigenvalue weighted by Crippen LogP contribution is 2.32. The van der Waals surface area contributed by atoms with Gasteiger partial charge < -0.3 is 15.4 Å². The third kappa shape index (κ3) is 4.71. The van der Waals surface area contributed by atoms with Gasteiger partial charge in [0.1, 0.15) is 5.88 Å². The molecule has 0 bridgehead atoms. The molecule has 10 heteroatoms. The number of nitrogens with one attached hydrogen (secondary N) is 2. The van der Waals surface area contributed by atoms with Crippen molar-refractivity contribution in [3.05, 3.63) is 29.3 Å². The van der Waals surface area contributed by atoms with Crippen LogP contribution in [-0.2, 0) is 29.2 Å². The van der Waals surface area contributed by atoms with Crippen molar-refractivity contribution < 1.29 is 26.4 Å². The Kier molecular flexibility index (Phi) is 5.19. The summed E-state index contributed by atoms with van der Waals surface area (Å²) >= 11 is 0. The number of benzene rings is 1. The van der Waals surface area contributed by atoms with Gasteiger partial charge in [0.15, 0.2) is 9.84 Å². The van der Waals surface area contributed by atoms with Crippen LogP contribution in [0.5, 0.6) is 0 Å². The van der Waals surface area contributed by atoms with Crippen molar-refractivity contribution in [1.82, 2.24) is 0 Å². The standard InChI is InChI=1S/C14H18N2O6S2/c1-3-22-14(17)7-11-8-24(20,21)13-6-10(4-5-12(13)16-11)15-9-23(2,18)19/h4-6,8,15-16H,3,7,9H2,1-2H3. The van der Waals surface area contributed by atoms with E-state index in [4.69, 9.17) is 4.74 Å². The average Bonchev–Trinajstić information content (AvgIpc) is 2.44. The molecule has 0 spiro atoms. The van der Waals surface area contributed by atoms with Crippen LogP contribution in [0.2, 0.25) is 0 Å². The van der Waals surface area contributed by atoms with Gasteiger partial charge in [-0.05, 0) is 25.1 Å². The predicted octanol–water partition coefficient (Wildman–Crippen LogP) is 1.09. The van der Waals surface area contributed by atoms with Crippen LogP contribution in [-0.4, -0.2) is 41.5 Å². The number of esters is 1. The molecule has 0 amide bonds. The molecule has 1 aliphatic rings. The molecule has 1 aliphatic heterocycles. The van der Waals surface area contributed by atoms with E-state index in [9.17, 15) is 21.6 Å². The van der Waals surface area contributed by atoms with E-state index in [2.05, 4.69) is 10.6 Å². The van der Waals surface area contributed by atoms with Crippen LogP contribution in [0.1, 0.15) is 13.3 Å². The Morgan fingerprint density at radius 1 is 1.33 bits per heavy atom. The minimum absolute atomic E-state index is 0.00797. The summed E-state index contributed by atoms with van der Waals surface area (Å²) < 4.78 is 51.9. The van der Waals surface area contributed by atoms with Crippen molar-refractivity contribution in [1.29, 1.82) is 0 Å². The molecule has 0 aliphatic carbocycles. The Hall–Kier alpha value is -2.07. The summed E-state index contributed by atoms with van der Waals surface area (Å²) in [4.78, 5) is 11.5. The summed E-state index contributed by atoms with van der Waals surface area (Å²) in [6.07, 6.45) is 0.891. The fraction of sp³-hybridized carbons (Fsp3) is 0.357. The van der Waals surface area contributed by atoms with Crippen molar-refractivity contribution in [3.8, 4) is 0 Å². The lowest BCUT2D eigenvalue weighted by Gasteiger charge is -2.20. The van der Waals surface area contributed by atoms with Gasteiger partial charge in [-0.3, -0.25) is 4.79 Å². The van der Waals surface area contributed by atoms with Gasteiger partial charge in [0.05, 0.1) is 29.0 Å². The maximum Gasteiger partial charge on any atom is 0.311 e. The summed E-state index contributed by atoms with van der Waals surface area (Å²) in [6, 6.07) is 4.41. The van der Waals surface area contributed by atoms with E-state index >= 15 is 0 Å². The van der Waals surface area contributed by atoms with Crippen LogP contribution in [0.4, 0.5) is 11.4 Å². The summed E-state index contributed by atoms with van der Waals surface area (Å²) in [5.74, 6) is -0.829. The van der Waals surface area contributed by atoms with E-state index in [0.717, 1.165) is 11.7 Å². The molecule has 1 aromatic carbocycles. The molecule has 0 atom stereocenters. The first-order valence-corrected chi connectivity index (χ1v) is 10.7. The van der Waals surface area contributed by atoms with Crippen LogP contribution in [0, 0.1) is 0 Å². The molecular weight excluding hydrogens is 356 g/mol. The first kappa shape index (κ1) is 18.3. The second-order valence-corrected chi connectivity index (χ2v) is 9.16. The van der Waals surface area contributed by atoms with Gasteiger partial charge in [0.2, 0.25) is 9.84 Å². The smallest absolute Gasteiger partial charge is 0.311 e. The largest absolute Gasteiger partial charge is 0.466 e. The number of hydrogen-bond donors (Lipinski definition) is 2. The highest BCUT2D eigenvalue weighted by Gasteiger charge is 2.25. The Labute approximate surface area is 140 Å². The minimum atomic E-state index is -3.75. The maximum atomic E-state index is 12.4. The number of fused-ring (bicyclic) bond motifs is 1. The van der Waals surface area contributed by atoms with Crippen LogP contribution >= 0.6 is 0 Å². The van der Waals surface area contributed by atoms with Crippen molar-refractivity contribution in [2.24, 2.45) is 0 Å². The predicted molar refractivity (Wildman–Crippen MR) is 89.9 cm³/mol. The van der Waals surface area contributed by atoms with E-state index in [1.165, 1.54) is 12.1 Å². The monoisotopic (exact) mass is 374 g/mol. The van der Waals surface area contributed by atoms with Gasteiger partial charge >= 0.3 is 5.97 Å². The first-order valence-electron chi connectivity index (χ1n) is 7.04. The van der Waals surface area contributed by atoms with E-state index < -0.39 is 25.6 Å². The first-order chi connectivity index (χ1) is 11.1. The van der Waals surface area contributed by atoms with E-state index in [-0.39, 0.29) is 29.5 Å². The van der Waals surface area contributed by atoms with Crippen molar-refractivity contribution in [2.75, 3.05) is 29.4 Å². The van der Waals surface area contributed by atoms with Crippen LogP contribution in [0.15, 0.2) is 34.2 Å². The Morgan fingerprint density at radius 2 is 2.04 bits per heavy atom. The fourth-order valence-corrected chi connectivity index (χ4v) is 3.88. The van der Waals surface area contributed by atoms with Gasteiger partial charge in [-0.1, -0.05) is 0 Å². The zero-order valence-electron chi connectivity index (χ0n) is 13.2. The number of carbonyl (C=O) groups is 1. The normalized spacial score (nSPS) is 15.7. The highest BCUT2D eigenvalue weighted by atomic mass is 32.2. The lowest BCUT2D eigenvalue weighted by Crippen LogP contribution is -2.18. The van der Waals surface area contributed by atoms with Gasteiger partial charge in [-0.25, -0.2) is 16.8 Å². The SMILES string of the molecule is CCOC(=O)CC1=CS(=O)(=O)c2cc(NCS(C)(=O)=O)ccc2N1. The maximum absolute atomic E-state index is 12.4. The summed E-state index contributed by atoms with van der Waals surface area (Å²) in [5.41, 5.74) is 0.909. The molecule has 0 radical (unpaired) electrons. The molecule has 0 aromatic heterocycles. The Morgan fingerprint density at radius 3 is 2.67 bits per heavy atom. The second-order valence-electron chi connectivity index (χ2n) is 5.25. The zero-order chi connectivity index (χ0) is 18.0. The Bertz CT molecular complexity index is 888. The molecule has 1 heterocycles. The van der Waals surface area contributed by atoms with Gasteiger partial charge in [0, 0.05) is 17.6 Å². The van der Waals surface area contributed by atoms with Gasteiger partial charge in [0.25, 0.3) is 0 Å². The van der Waals surface area contributed by atoms with Crippen molar-refractivity contribution in [3.63, 3.8) is 0 Å². The second kappa shape index (κ2) is 6.81. The van der Waals surface area contributed by atoms with E-state index in [1.807, 2.05) is 0 Å². The summed E-state index contributed by atoms with van der Waals surface area (Å²) in [5, 5.41) is 6.51. The van der Waals surface area contributed by atoms with E-state index in [0.29, 0.717) is 11.4 Å². The van der Waals surface area contributed by atoms with Crippen molar-refractivity contribution >= 4 is 37.0 Å². The average molecular weight is 374 g/mol. The van der Waals surface area contributed by atoms with Gasteiger partial charge in [-0.15, -0.1) is 0 Å². The molecule has 132 valence electrons. The number of rotatable bonds is 6. The molecule has 2 N–H and O–H groups in total. The molecule has 0 saturated carbocycles. The third-order valence-corrected chi connectivity index (χ3v) is 5.27. The highest BCUT2D eigenvalue weighted by molar-refractivity contribution is 7.94. The zero-order valence-corrected chi connectivity index (χ0v) is 14.8. The number of anilines is 2. The van der Waals surface area contributed by atoms with Crippen molar-refractivity contribution in [2.45, 2.75) is 18.2 Å². The molecule has 0 fully saturated rings. The number of hydrogen-bond acceptors (Lipinski definition) is 8. The number of sulfone groups is 2. The molecule has 8 nitrogen and oxygen atoms in total. The molecule has 0 unspecified atom stereocenters. The fourth-order valence-electron chi connectivity index (χ4n) is 2.09. The summed E-state index contributed by atoms with van der Waals surface area (Å²) in [7, 11) is -6.99. The molecule has 1 aromatic rings. The number of ether oxygens (including phenoxy) is 1. The van der Waals surface area contributed by atoms with Crippen LogP contribution in [0.3, 0.4) is 0 Å². The lowest BCUT2D eigenvalue weighted by atomic mass is 10.2. The van der Waals surface area contributed by atoms with Crippen LogP contribution in [0.25, 0.3) is 0 Å². The van der Waals surface area contributed by atoms with E-state index in [1.54, 1.807) is 13.0 Å². The van der Waals surface area contributed by atoms with Crippen LogP contribution < -0.4 is 10.6 Å². The molecule has 2 rings (SSSR count). The summed E-state index contributed by atoms with van der Waals surface area (Å²) in [6.45, 7) is 1.88. The molecule has 24 heavy (non-hydrogen) atoms. The molecule has 0 saturated heterocycles. The Balaban J connectivity index is 2.25. The molecular formula is C14H18N2O6S2. The lowest BCUT2D eigenvalue weighted by molar-refractivity contribution is -0.142. The third-order valence-electron chi connectivity index (χ3n) is 3.06. The quantitative estimate of drug-likeness (QED) is 0.711. The number of carbonyl (C=O) groups excluding carboxylic acids is 1. The van der Waals surface area contributed by atoms with Gasteiger partial charge in [-0.2, -0.15) is 0 Å².